The molecule has 4 saturated carbocycles. The van der Waals surface area contributed by atoms with Crippen LogP contribution >= 0.6 is 0 Å². The Labute approximate surface area is 220 Å². The van der Waals surface area contributed by atoms with Gasteiger partial charge in [0.1, 0.15) is 6.61 Å². The number of hydrogen-bond donors (Lipinski definition) is 1. The molecule has 2 aromatic rings. The van der Waals surface area contributed by atoms with E-state index in [1.54, 1.807) is 0 Å². The highest BCUT2D eigenvalue weighted by atomic mass is 16.8. The quantitative estimate of drug-likeness (QED) is 0.348. The van der Waals surface area contributed by atoms with Crippen molar-refractivity contribution in [2.45, 2.75) is 76.4 Å². The fraction of sp³-hybridized carbons (Fsp3) is 0.606. The highest BCUT2D eigenvalue weighted by molar-refractivity contribution is 5.78. The van der Waals surface area contributed by atoms with E-state index < -0.39 is 12.4 Å². The number of ether oxygens (including phenoxy) is 2. The minimum atomic E-state index is -1.07. The average Bonchev–Trinajstić information content (AvgIpc) is 3.54. The minimum absolute atomic E-state index is 0.00215. The van der Waals surface area contributed by atoms with Crippen LogP contribution < -0.4 is 0 Å². The molecule has 8 atom stereocenters. The van der Waals surface area contributed by atoms with Crippen LogP contribution in [0.25, 0.3) is 11.1 Å². The van der Waals surface area contributed by atoms with Gasteiger partial charge in [-0.25, -0.2) is 4.79 Å². The third kappa shape index (κ3) is 4.20. The standard InChI is InChI=1S/C33H40O4/c34-32(22-14-15-24-21(18-22)13-17-29-23-11-5-6-20(23)12-16-30(24)29)37-33(35)36-19-31-27-9-3-1-7-25(27)26-8-2-4-10-28(26)31/h1-4,7-10,20-24,29-32,34H,5-6,11-19H2/t20-,21?,22?,23+,24-,29-,30+,32?/m0/s1. The van der Waals surface area contributed by atoms with E-state index in [2.05, 4.69) is 24.3 Å². The summed E-state index contributed by atoms with van der Waals surface area (Å²) in [6, 6.07) is 16.6. The van der Waals surface area contributed by atoms with E-state index >= 15 is 0 Å². The van der Waals surface area contributed by atoms with Crippen molar-refractivity contribution in [1.82, 2.24) is 0 Å². The van der Waals surface area contributed by atoms with Crippen molar-refractivity contribution in [1.29, 1.82) is 0 Å². The number of carbonyl (C=O) groups excluding carboxylic acids is 1. The van der Waals surface area contributed by atoms with Gasteiger partial charge in [-0.1, -0.05) is 61.4 Å². The van der Waals surface area contributed by atoms with Crippen molar-refractivity contribution in [3.8, 4) is 11.1 Å². The number of hydrogen-bond acceptors (Lipinski definition) is 4. The third-order valence-electron chi connectivity index (χ3n) is 11.1. The highest BCUT2D eigenvalue weighted by Crippen LogP contribution is 2.58. The van der Waals surface area contributed by atoms with Gasteiger partial charge in [0.2, 0.25) is 6.29 Å². The first-order chi connectivity index (χ1) is 18.2. The number of benzene rings is 2. The van der Waals surface area contributed by atoms with Crippen LogP contribution in [-0.4, -0.2) is 24.2 Å². The number of aliphatic hydroxyl groups is 1. The summed E-state index contributed by atoms with van der Waals surface area (Å²) < 4.78 is 11.1. The maximum Gasteiger partial charge on any atom is 0.510 e. The highest BCUT2D eigenvalue weighted by Gasteiger charge is 2.50. The fourth-order valence-electron chi connectivity index (χ4n) is 9.59. The van der Waals surface area contributed by atoms with Gasteiger partial charge in [-0.05, 0) is 109 Å². The van der Waals surface area contributed by atoms with Crippen LogP contribution in [-0.2, 0) is 9.47 Å². The van der Waals surface area contributed by atoms with Gasteiger partial charge >= 0.3 is 6.16 Å². The summed E-state index contributed by atoms with van der Waals surface area (Å²) in [6.45, 7) is 0.222. The molecular formula is C33H40O4. The Kier molecular flexibility index (Phi) is 6.27. The molecule has 0 saturated heterocycles. The number of rotatable bonds is 4. The lowest BCUT2D eigenvalue weighted by molar-refractivity contribution is -0.136. The van der Waals surface area contributed by atoms with E-state index in [4.69, 9.17) is 9.47 Å². The van der Waals surface area contributed by atoms with Crippen molar-refractivity contribution in [3.05, 3.63) is 59.7 Å². The molecule has 7 rings (SSSR count). The normalized spacial score (nSPS) is 34.9. The maximum atomic E-state index is 12.6. The maximum absolute atomic E-state index is 12.6. The molecule has 5 aliphatic carbocycles. The molecule has 4 heteroatoms. The Bertz CT molecular complexity index is 1100. The van der Waals surface area contributed by atoms with Crippen molar-refractivity contribution >= 4 is 6.16 Å². The van der Waals surface area contributed by atoms with Crippen LogP contribution in [0.2, 0.25) is 0 Å². The van der Waals surface area contributed by atoms with Gasteiger partial charge < -0.3 is 14.6 Å². The molecule has 3 unspecified atom stereocenters. The molecule has 4 nitrogen and oxygen atoms in total. The lowest BCUT2D eigenvalue weighted by Gasteiger charge is -2.53. The molecule has 0 aliphatic heterocycles. The second kappa shape index (κ2) is 9.76. The topological polar surface area (TPSA) is 55.8 Å². The molecule has 5 aliphatic rings. The van der Waals surface area contributed by atoms with Crippen molar-refractivity contribution in [2.75, 3.05) is 6.61 Å². The molecule has 0 amide bonds. The van der Waals surface area contributed by atoms with Crippen LogP contribution in [0.3, 0.4) is 0 Å². The van der Waals surface area contributed by atoms with Gasteiger partial charge in [0, 0.05) is 11.8 Å². The Morgan fingerprint density at radius 3 is 2.11 bits per heavy atom. The number of aliphatic hydroxyl groups excluding tert-OH is 1. The summed E-state index contributed by atoms with van der Waals surface area (Å²) in [5, 5.41) is 10.9. The first-order valence-electron chi connectivity index (χ1n) is 14.9. The molecule has 37 heavy (non-hydrogen) atoms. The monoisotopic (exact) mass is 500 g/mol. The van der Waals surface area contributed by atoms with Gasteiger partial charge in [0.25, 0.3) is 0 Å². The summed E-state index contributed by atoms with van der Waals surface area (Å²) in [4.78, 5) is 12.6. The van der Waals surface area contributed by atoms with Gasteiger partial charge in [-0.2, -0.15) is 0 Å². The summed E-state index contributed by atoms with van der Waals surface area (Å²) in [7, 11) is 0. The van der Waals surface area contributed by atoms with E-state index in [0.717, 1.165) is 42.4 Å². The van der Waals surface area contributed by atoms with Gasteiger partial charge in [0.05, 0.1) is 0 Å². The zero-order chi connectivity index (χ0) is 24.9. The Morgan fingerprint density at radius 1 is 0.757 bits per heavy atom. The Balaban J connectivity index is 0.944. The van der Waals surface area contributed by atoms with Crippen LogP contribution in [0.1, 0.15) is 81.3 Å². The summed E-state index contributed by atoms with van der Waals surface area (Å²) >= 11 is 0. The first kappa shape index (κ1) is 23.8. The van der Waals surface area contributed by atoms with Crippen LogP contribution in [0, 0.1) is 41.4 Å². The molecule has 1 N–H and O–H groups in total. The van der Waals surface area contributed by atoms with Crippen molar-refractivity contribution < 1.29 is 19.4 Å². The third-order valence-corrected chi connectivity index (χ3v) is 11.1. The Morgan fingerprint density at radius 2 is 1.38 bits per heavy atom. The van der Waals surface area contributed by atoms with Crippen molar-refractivity contribution in [2.24, 2.45) is 41.4 Å². The average molecular weight is 501 g/mol. The number of fused-ring (bicyclic) bond motifs is 8. The molecule has 0 bridgehead atoms. The van der Waals surface area contributed by atoms with Crippen LogP contribution in [0.5, 0.6) is 0 Å². The summed E-state index contributed by atoms with van der Waals surface area (Å²) in [5.41, 5.74) is 4.76. The number of carbonyl (C=O) groups is 1. The molecule has 2 aromatic carbocycles. The smallest absolute Gasteiger partial charge is 0.433 e. The summed E-state index contributed by atoms with van der Waals surface area (Å²) in [5.74, 6) is 5.40. The fourth-order valence-corrected chi connectivity index (χ4v) is 9.59. The van der Waals surface area contributed by atoms with E-state index in [1.165, 1.54) is 73.6 Å². The predicted octanol–water partition coefficient (Wildman–Crippen LogP) is 7.54. The lowest BCUT2D eigenvalue weighted by atomic mass is 9.53. The molecular weight excluding hydrogens is 460 g/mol. The Hall–Kier alpha value is -2.33. The van der Waals surface area contributed by atoms with Crippen molar-refractivity contribution in [3.63, 3.8) is 0 Å². The molecule has 4 fully saturated rings. The molecule has 196 valence electrons. The minimum Gasteiger partial charge on any atom is -0.433 e. The zero-order valence-electron chi connectivity index (χ0n) is 21.8. The van der Waals surface area contributed by atoms with Gasteiger partial charge in [-0.15, -0.1) is 0 Å². The second-order valence-electron chi connectivity index (χ2n) is 12.6. The van der Waals surface area contributed by atoms with Gasteiger partial charge in [0.15, 0.2) is 0 Å². The van der Waals surface area contributed by atoms with E-state index in [-0.39, 0.29) is 18.4 Å². The van der Waals surface area contributed by atoms with E-state index in [9.17, 15) is 9.90 Å². The largest absolute Gasteiger partial charge is 0.510 e. The predicted molar refractivity (Wildman–Crippen MR) is 143 cm³/mol. The lowest BCUT2D eigenvalue weighted by Crippen LogP contribution is -2.45. The second-order valence-corrected chi connectivity index (χ2v) is 12.6. The summed E-state index contributed by atoms with van der Waals surface area (Å²) in [6.07, 6.45) is 11.2. The molecule has 0 aromatic heterocycles. The molecule has 0 heterocycles. The SMILES string of the molecule is O=C(OCC1c2ccccc2-c2ccccc21)OC(O)C1CC[C@H]2C(CC[C@H]3[C@@H]4CCC[C@H]4CC[C@@H]32)C1. The first-order valence-corrected chi connectivity index (χ1v) is 14.9. The molecule has 0 spiro atoms. The van der Waals surface area contributed by atoms with Crippen LogP contribution in [0.15, 0.2) is 48.5 Å². The van der Waals surface area contributed by atoms with Crippen LogP contribution in [0.4, 0.5) is 4.79 Å². The van der Waals surface area contributed by atoms with E-state index in [0.29, 0.717) is 5.92 Å². The van der Waals surface area contributed by atoms with E-state index in [1.807, 2.05) is 24.3 Å². The van der Waals surface area contributed by atoms with Gasteiger partial charge in [-0.3, -0.25) is 0 Å². The zero-order valence-corrected chi connectivity index (χ0v) is 21.8. The molecule has 0 radical (unpaired) electrons.